The first-order valence-corrected chi connectivity index (χ1v) is 8.82. The van der Waals surface area contributed by atoms with Crippen LogP contribution < -0.4 is 10.2 Å². The van der Waals surface area contributed by atoms with Crippen molar-refractivity contribution in [3.05, 3.63) is 58.6 Å². The second-order valence-electron chi connectivity index (χ2n) is 6.38. The molecule has 1 unspecified atom stereocenters. The molecule has 2 amide bonds. The molecule has 1 saturated heterocycles. The summed E-state index contributed by atoms with van der Waals surface area (Å²) >= 11 is 6.06. The zero-order valence-corrected chi connectivity index (χ0v) is 15.1. The number of hydrogen-bond acceptors (Lipinski definition) is 2. The first-order chi connectivity index (χ1) is 12.0. The summed E-state index contributed by atoms with van der Waals surface area (Å²) in [7, 11) is 0. The normalized spacial score (nSPS) is 17.0. The zero-order chi connectivity index (χ0) is 18.0. The van der Waals surface area contributed by atoms with E-state index in [4.69, 9.17) is 11.6 Å². The maximum Gasteiger partial charge on any atom is 0.229 e. The Morgan fingerprint density at radius 3 is 2.64 bits per heavy atom. The third-order valence-corrected chi connectivity index (χ3v) is 4.82. The Morgan fingerprint density at radius 1 is 1.24 bits per heavy atom. The lowest BCUT2D eigenvalue weighted by Crippen LogP contribution is -2.28. The molecule has 1 heterocycles. The van der Waals surface area contributed by atoms with Gasteiger partial charge in [0, 0.05) is 29.4 Å². The first kappa shape index (κ1) is 17.5. The molecule has 1 atom stereocenters. The van der Waals surface area contributed by atoms with Crippen LogP contribution in [0.25, 0.3) is 0 Å². The maximum absolute atomic E-state index is 12.5. The van der Waals surface area contributed by atoms with Crippen LogP contribution in [0.15, 0.2) is 42.5 Å². The minimum Gasteiger partial charge on any atom is -0.326 e. The van der Waals surface area contributed by atoms with Crippen LogP contribution in [0.4, 0.5) is 11.4 Å². The van der Waals surface area contributed by atoms with Crippen molar-refractivity contribution in [2.45, 2.75) is 26.7 Å². The van der Waals surface area contributed by atoms with E-state index in [9.17, 15) is 9.59 Å². The predicted octanol–water partition coefficient (Wildman–Crippen LogP) is 4.20. The van der Waals surface area contributed by atoms with Gasteiger partial charge in [0.05, 0.1) is 5.92 Å². The number of aryl methyl sites for hydroxylation is 2. The Kier molecular flexibility index (Phi) is 5.09. The highest BCUT2D eigenvalue weighted by Gasteiger charge is 2.35. The number of nitrogens with zero attached hydrogens (tertiary/aromatic N) is 1. The van der Waals surface area contributed by atoms with Gasteiger partial charge in [0.25, 0.3) is 0 Å². The molecule has 25 heavy (non-hydrogen) atoms. The van der Waals surface area contributed by atoms with Gasteiger partial charge in [-0.3, -0.25) is 9.59 Å². The van der Waals surface area contributed by atoms with E-state index in [0.717, 1.165) is 23.4 Å². The quantitative estimate of drug-likeness (QED) is 0.892. The Morgan fingerprint density at radius 2 is 1.96 bits per heavy atom. The third kappa shape index (κ3) is 3.85. The first-order valence-electron chi connectivity index (χ1n) is 8.44. The molecule has 0 spiro atoms. The van der Waals surface area contributed by atoms with Gasteiger partial charge in [0.1, 0.15) is 0 Å². The summed E-state index contributed by atoms with van der Waals surface area (Å²) in [5.41, 5.74) is 3.72. The lowest BCUT2D eigenvalue weighted by atomic mass is 10.1. The highest BCUT2D eigenvalue weighted by molar-refractivity contribution is 6.31. The van der Waals surface area contributed by atoms with Crippen molar-refractivity contribution in [3.8, 4) is 0 Å². The van der Waals surface area contributed by atoms with Crippen molar-refractivity contribution >= 4 is 34.8 Å². The molecule has 1 aliphatic rings. The van der Waals surface area contributed by atoms with E-state index < -0.39 is 0 Å². The smallest absolute Gasteiger partial charge is 0.229 e. The van der Waals surface area contributed by atoms with Crippen LogP contribution in [-0.2, 0) is 16.0 Å². The van der Waals surface area contributed by atoms with E-state index in [1.165, 1.54) is 5.56 Å². The van der Waals surface area contributed by atoms with Crippen molar-refractivity contribution in [3.63, 3.8) is 0 Å². The van der Waals surface area contributed by atoms with Crippen LogP contribution in [0.1, 0.15) is 24.5 Å². The molecule has 130 valence electrons. The van der Waals surface area contributed by atoms with Crippen LogP contribution in [0, 0.1) is 12.8 Å². The van der Waals surface area contributed by atoms with E-state index in [0.29, 0.717) is 11.6 Å². The highest BCUT2D eigenvalue weighted by Crippen LogP contribution is 2.30. The fraction of sp³-hybridized carbons (Fsp3) is 0.300. The van der Waals surface area contributed by atoms with Crippen LogP contribution in [-0.4, -0.2) is 18.4 Å². The van der Waals surface area contributed by atoms with E-state index in [1.807, 2.05) is 37.3 Å². The Hall–Kier alpha value is -2.33. The van der Waals surface area contributed by atoms with Gasteiger partial charge < -0.3 is 10.2 Å². The number of nitrogens with one attached hydrogen (secondary N) is 1. The highest BCUT2D eigenvalue weighted by atomic mass is 35.5. The summed E-state index contributed by atoms with van der Waals surface area (Å²) in [5.74, 6) is -0.539. The van der Waals surface area contributed by atoms with Crippen LogP contribution in [0.3, 0.4) is 0 Å². The number of benzene rings is 2. The molecule has 0 bridgehead atoms. The fourth-order valence-corrected chi connectivity index (χ4v) is 3.22. The largest absolute Gasteiger partial charge is 0.326 e. The lowest BCUT2D eigenvalue weighted by Gasteiger charge is -2.19. The van der Waals surface area contributed by atoms with Gasteiger partial charge in [-0.05, 0) is 48.7 Å². The van der Waals surface area contributed by atoms with Crippen LogP contribution in [0.2, 0.25) is 5.02 Å². The van der Waals surface area contributed by atoms with Gasteiger partial charge in [-0.25, -0.2) is 0 Å². The molecule has 1 N–H and O–H groups in total. The molecule has 1 fully saturated rings. The predicted molar refractivity (Wildman–Crippen MR) is 101 cm³/mol. The Balaban J connectivity index is 1.71. The monoisotopic (exact) mass is 356 g/mol. The molecule has 1 aliphatic heterocycles. The van der Waals surface area contributed by atoms with Crippen molar-refractivity contribution in [1.82, 2.24) is 0 Å². The second kappa shape index (κ2) is 7.28. The van der Waals surface area contributed by atoms with E-state index >= 15 is 0 Å². The summed E-state index contributed by atoms with van der Waals surface area (Å²) < 4.78 is 0. The zero-order valence-electron chi connectivity index (χ0n) is 14.4. The van der Waals surface area contributed by atoms with E-state index in [-0.39, 0.29) is 24.2 Å². The number of rotatable bonds is 4. The lowest BCUT2D eigenvalue weighted by molar-refractivity contribution is -0.122. The molecule has 3 rings (SSSR count). The van der Waals surface area contributed by atoms with Gasteiger partial charge in [-0.2, -0.15) is 0 Å². The molecule has 2 aromatic rings. The minimum absolute atomic E-state index is 0.0492. The fourth-order valence-electron chi connectivity index (χ4n) is 3.06. The summed E-state index contributed by atoms with van der Waals surface area (Å²) in [6, 6.07) is 13.2. The number of halogens is 1. The van der Waals surface area contributed by atoms with Gasteiger partial charge >= 0.3 is 0 Å². The number of amides is 2. The summed E-state index contributed by atoms with van der Waals surface area (Å²) in [6.07, 6.45) is 1.17. The van der Waals surface area contributed by atoms with E-state index in [2.05, 4.69) is 12.2 Å². The topological polar surface area (TPSA) is 49.4 Å². The number of carbonyl (C=O) groups excluding carboxylic acids is 2. The van der Waals surface area contributed by atoms with Crippen molar-refractivity contribution < 1.29 is 9.59 Å². The van der Waals surface area contributed by atoms with Crippen molar-refractivity contribution in [1.29, 1.82) is 0 Å². The summed E-state index contributed by atoms with van der Waals surface area (Å²) in [5, 5.41) is 3.49. The standard InChI is InChI=1S/C20H21ClN2O2/c1-3-14-5-8-17(9-6-14)22-20(25)15-10-19(24)23(12-15)18-11-16(21)7-4-13(18)2/h4-9,11,15H,3,10,12H2,1-2H3,(H,22,25). The number of hydrogen-bond donors (Lipinski definition) is 1. The molecule has 0 aliphatic carbocycles. The molecule has 0 saturated carbocycles. The van der Waals surface area contributed by atoms with Crippen LogP contribution in [0.5, 0.6) is 0 Å². The van der Waals surface area contributed by atoms with Crippen LogP contribution >= 0.6 is 11.6 Å². The maximum atomic E-state index is 12.5. The molecular formula is C20H21ClN2O2. The Labute approximate surface area is 152 Å². The third-order valence-electron chi connectivity index (χ3n) is 4.59. The molecular weight excluding hydrogens is 336 g/mol. The minimum atomic E-state index is -0.364. The van der Waals surface area contributed by atoms with Gasteiger partial charge in [-0.1, -0.05) is 36.7 Å². The molecule has 4 nitrogen and oxygen atoms in total. The van der Waals surface area contributed by atoms with Gasteiger partial charge in [-0.15, -0.1) is 0 Å². The number of anilines is 2. The Bertz CT molecular complexity index is 802. The molecule has 5 heteroatoms. The molecule has 0 aromatic heterocycles. The van der Waals surface area contributed by atoms with Crippen molar-refractivity contribution in [2.75, 3.05) is 16.8 Å². The van der Waals surface area contributed by atoms with E-state index in [1.54, 1.807) is 17.0 Å². The average Bonchev–Trinajstić information content (AvgIpc) is 2.99. The summed E-state index contributed by atoms with van der Waals surface area (Å²) in [4.78, 5) is 26.6. The molecule has 2 aromatic carbocycles. The van der Waals surface area contributed by atoms with Gasteiger partial charge in [0.15, 0.2) is 0 Å². The summed E-state index contributed by atoms with van der Waals surface area (Å²) in [6.45, 7) is 4.39. The van der Waals surface area contributed by atoms with Crippen molar-refractivity contribution in [2.24, 2.45) is 5.92 Å². The average molecular weight is 357 g/mol. The number of carbonyl (C=O) groups is 2. The SMILES string of the molecule is CCc1ccc(NC(=O)C2CC(=O)N(c3cc(Cl)ccc3C)C2)cc1. The second-order valence-corrected chi connectivity index (χ2v) is 6.81. The van der Waals surface area contributed by atoms with Gasteiger partial charge in [0.2, 0.25) is 11.8 Å². The molecule has 0 radical (unpaired) electrons.